The zero-order valence-corrected chi connectivity index (χ0v) is 12.0. The lowest BCUT2D eigenvalue weighted by atomic mass is 10.1. The zero-order chi connectivity index (χ0) is 14.2. The molecule has 2 aromatic rings. The van der Waals surface area contributed by atoms with Crippen molar-refractivity contribution in [2.24, 2.45) is 0 Å². The first-order valence-corrected chi connectivity index (χ1v) is 7.30. The predicted octanol–water partition coefficient (Wildman–Crippen LogP) is 2.97. The fraction of sp³-hybridized carbons (Fsp3) is 0.412. The molecule has 0 aliphatic rings. The number of aliphatic hydroxyl groups excluding tert-OH is 1. The second kappa shape index (κ2) is 7.88. The van der Waals surface area contributed by atoms with E-state index >= 15 is 0 Å². The fourth-order valence-electron chi connectivity index (χ4n) is 2.14. The number of rotatable bonds is 8. The Labute approximate surface area is 120 Å². The molecule has 0 radical (unpaired) electrons. The van der Waals surface area contributed by atoms with E-state index in [0.717, 1.165) is 35.9 Å². The summed E-state index contributed by atoms with van der Waals surface area (Å²) in [5.41, 5.74) is 0. The molecule has 3 nitrogen and oxygen atoms in total. The molecule has 0 fully saturated rings. The van der Waals surface area contributed by atoms with Gasteiger partial charge in [0.05, 0.1) is 0 Å². The van der Waals surface area contributed by atoms with Gasteiger partial charge in [0.15, 0.2) is 0 Å². The van der Waals surface area contributed by atoms with Crippen molar-refractivity contribution in [2.45, 2.75) is 25.9 Å². The second-order valence-corrected chi connectivity index (χ2v) is 5.00. The summed E-state index contributed by atoms with van der Waals surface area (Å²) in [5.74, 6) is 0.829. The smallest absolute Gasteiger partial charge is 0.127 e. The normalized spacial score (nSPS) is 12.5. The van der Waals surface area contributed by atoms with Crippen LogP contribution in [0.15, 0.2) is 42.5 Å². The first-order valence-electron chi connectivity index (χ1n) is 7.30. The SMILES string of the molecule is CCCCNC[C@H](O)COc1cccc2ccccc12. The summed E-state index contributed by atoms with van der Waals surface area (Å²) in [6, 6.07) is 14.1. The maximum Gasteiger partial charge on any atom is 0.127 e. The minimum atomic E-state index is -0.481. The molecule has 0 spiro atoms. The van der Waals surface area contributed by atoms with Gasteiger partial charge >= 0.3 is 0 Å². The minimum Gasteiger partial charge on any atom is -0.490 e. The zero-order valence-electron chi connectivity index (χ0n) is 12.0. The quantitative estimate of drug-likeness (QED) is 0.727. The fourth-order valence-corrected chi connectivity index (χ4v) is 2.14. The number of fused-ring (bicyclic) bond motifs is 1. The highest BCUT2D eigenvalue weighted by Gasteiger charge is 2.06. The van der Waals surface area contributed by atoms with Gasteiger partial charge in [0.1, 0.15) is 18.5 Å². The van der Waals surface area contributed by atoms with Crippen LogP contribution in [0.2, 0.25) is 0 Å². The first-order chi connectivity index (χ1) is 9.81. The van der Waals surface area contributed by atoms with E-state index < -0.39 is 6.10 Å². The largest absolute Gasteiger partial charge is 0.490 e. The van der Waals surface area contributed by atoms with E-state index in [4.69, 9.17) is 4.74 Å². The Morgan fingerprint density at radius 2 is 1.95 bits per heavy atom. The molecule has 3 heteroatoms. The molecule has 0 bridgehead atoms. The topological polar surface area (TPSA) is 41.5 Å². The van der Waals surface area contributed by atoms with Crippen molar-refractivity contribution < 1.29 is 9.84 Å². The first kappa shape index (κ1) is 14.8. The molecule has 0 aromatic heterocycles. The van der Waals surface area contributed by atoms with E-state index in [0.29, 0.717) is 13.2 Å². The highest BCUT2D eigenvalue weighted by Crippen LogP contribution is 2.25. The summed E-state index contributed by atoms with van der Waals surface area (Å²) in [7, 11) is 0. The van der Waals surface area contributed by atoms with Crippen LogP contribution in [0.5, 0.6) is 5.75 Å². The van der Waals surface area contributed by atoms with Crippen LogP contribution in [0.25, 0.3) is 10.8 Å². The van der Waals surface area contributed by atoms with E-state index in [1.807, 2.05) is 30.3 Å². The molecule has 0 aliphatic heterocycles. The van der Waals surface area contributed by atoms with Gasteiger partial charge in [0, 0.05) is 11.9 Å². The molecule has 2 N–H and O–H groups in total. The number of unbranched alkanes of at least 4 members (excludes halogenated alkanes) is 1. The van der Waals surface area contributed by atoms with Crippen molar-refractivity contribution in [2.75, 3.05) is 19.7 Å². The molecule has 0 saturated heterocycles. The van der Waals surface area contributed by atoms with E-state index in [9.17, 15) is 5.11 Å². The lowest BCUT2D eigenvalue weighted by molar-refractivity contribution is 0.107. The van der Waals surface area contributed by atoms with Crippen molar-refractivity contribution >= 4 is 10.8 Å². The van der Waals surface area contributed by atoms with Crippen molar-refractivity contribution in [3.05, 3.63) is 42.5 Å². The molecule has 0 aliphatic carbocycles. The van der Waals surface area contributed by atoms with Crippen molar-refractivity contribution in [1.29, 1.82) is 0 Å². The number of benzene rings is 2. The van der Waals surface area contributed by atoms with Gasteiger partial charge in [-0.1, -0.05) is 49.7 Å². The van der Waals surface area contributed by atoms with Gasteiger partial charge < -0.3 is 15.2 Å². The average Bonchev–Trinajstić information content (AvgIpc) is 2.49. The van der Waals surface area contributed by atoms with E-state index in [2.05, 4.69) is 24.4 Å². The maximum absolute atomic E-state index is 9.89. The summed E-state index contributed by atoms with van der Waals surface area (Å²) in [6.45, 7) is 3.99. The molecule has 2 aromatic carbocycles. The molecule has 0 saturated carbocycles. The number of hydrogen-bond acceptors (Lipinski definition) is 3. The third kappa shape index (κ3) is 4.22. The van der Waals surface area contributed by atoms with Crippen LogP contribution in [-0.2, 0) is 0 Å². The van der Waals surface area contributed by atoms with E-state index in [-0.39, 0.29) is 0 Å². The van der Waals surface area contributed by atoms with Gasteiger partial charge in [-0.05, 0) is 24.4 Å². The predicted molar refractivity (Wildman–Crippen MR) is 83.2 cm³/mol. The highest BCUT2D eigenvalue weighted by molar-refractivity contribution is 5.88. The van der Waals surface area contributed by atoms with E-state index in [1.54, 1.807) is 0 Å². The van der Waals surface area contributed by atoms with Crippen LogP contribution in [0, 0.1) is 0 Å². The molecular formula is C17H23NO2. The molecule has 20 heavy (non-hydrogen) atoms. The van der Waals surface area contributed by atoms with Crippen LogP contribution in [0.3, 0.4) is 0 Å². The van der Waals surface area contributed by atoms with Crippen LogP contribution in [0.4, 0.5) is 0 Å². The van der Waals surface area contributed by atoms with Crippen LogP contribution >= 0.6 is 0 Å². The molecule has 0 unspecified atom stereocenters. The Morgan fingerprint density at radius 3 is 2.80 bits per heavy atom. The number of hydrogen-bond donors (Lipinski definition) is 2. The minimum absolute atomic E-state index is 0.313. The third-order valence-electron chi connectivity index (χ3n) is 3.27. The standard InChI is InChI=1S/C17H23NO2/c1-2-3-11-18-12-15(19)13-20-17-10-6-8-14-7-4-5-9-16(14)17/h4-10,15,18-19H,2-3,11-13H2,1H3/t15-/m0/s1. The van der Waals surface area contributed by atoms with Gasteiger partial charge in [0.25, 0.3) is 0 Å². The molecule has 0 heterocycles. The van der Waals surface area contributed by atoms with Crippen LogP contribution < -0.4 is 10.1 Å². The molecule has 0 amide bonds. The average molecular weight is 273 g/mol. The number of ether oxygens (including phenoxy) is 1. The van der Waals surface area contributed by atoms with E-state index in [1.165, 1.54) is 0 Å². The summed E-state index contributed by atoms with van der Waals surface area (Å²) >= 11 is 0. The summed E-state index contributed by atoms with van der Waals surface area (Å²) < 4.78 is 5.75. The van der Waals surface area contributed by atoms with Crippen LogP contribution in [0.1, 0.15) is 19.8 Å². The summed E-state index contributed by atoms with van der Waals surface area (Å²) in [6.07, 6.45) is 1.82. The molecule has 1 atom stereocenters. The Bertz CT molecular complexity index is 522. The third-order valence-corrected chi connectivity index (χ3v) is 3.27. The number of nitrogens with one attached hydrogen (secondary N) is 1. The Balaban J connectivity index is 1.86. The second-order valence-electron chi connectivity index (χ2n) is 5.00. The Hall–Kier alpha value is -1.58. The summed E-state index contributed by atoms with van der Waals surface area (Å²) in [5, 5.41) is 15.4. The lowest BCUT2D eigenvalue weighted by Gasteiger charge is -2.14. The van der Waals surface area contributed by atoms with Crippen molar-refractivity contribution in [3.8, 4) is 5.75 Å². The molecule has 108 valence electrons. The number of aliphatic hydroxyl groups is 1. The summed E-state index contributed by atoms with van der Waals surface area (Å²) in [4.78, 5) is 0. The highest BCUT2D eigenvalue weighted by atomic mass is 16.5. The van der Waals surface area contributed by atoms with Gasteiger partial charge in [0.2, 0.25) is 0 Å². The van der Waals surface area contributed by atoms with Crippen molar-refractivity contribution in [1.82, 2.24) is 5.32 Å². The monoisotopic (exact) mass is 273 g/mol. The van der Waals surface area contributed by atoms with Gasteiger partial charge in [-0.15, -0.1) is 0 Å². The van der Waals surface area contributed by atoms with Crippen LogP contribution in [-0.4, -0.2) is 30.9 Å². The lowest BCUT2D eigenvalue weighted by Crippen LogP contribution is -2.31. The van der Waals surface area contributed by atoms with Crippen molar-refractivity contribution in [3.63, 3.8) is 0 Å². The van der Waals surface area contributed by atoms with Gasteiger partial charge in [-0.2, -0.15) is 0 Å². The molecular weight excluding hydrogens is 250 g/mol. The van der Waals surface area contributed by atoms with Gasteiger partial charge in [-0.3, -0.25) is 0 Å². The Kier molecular flexibility index (Phi) is 5.84. The van der Waals surface area contributed by atoms with Gasteiger partial charge in [-0.25, -0.2) is 0 Å². The maximum atomic E-state index is 9.89. The Morgan fingerprint density at radius 1 is 1.15 bits per heavy atom. The molecule has 2 rings (SSSR count).